The molecule has 2 aliphatic rings. The van der Waals surface area contributed by atoms with Crippen LogP contribution in [-0.4, -0.2) is 50.9 Å². The maximum Gasteiger partial charge on any atom is 0.270 e. The molecule has 19 heavy (non-hydrogen) atoms. The average Bonchev–Trinajstić information content (AvgIpc) is 3.13. The van der Waals surface area contributed by atoms with E-state index in [1.807, 2.05) is 6.20 Å². The molecule has 0 radical (unpaired) electrons. The normalized spacial score (nSPS) is 28.9. The molecule has 4 heterocycles. The molecule has 0 aromatic carbocycles. The van der Waals surface area contributed by atoms with Crippen LogP contribution in [0.25, 0.3) is 5.65 Å². The van der Waals surface area contributed by atoms with Crippen LogP contribution in [0.5, 0.6) is 0 Å². The molecule has 4 rings (SSSR count). The van der Waals surface area contributed by atoms with Crippen molar-refractivity contribution in [1.82, 2.24) is 24.6 Å². The highest BCUT2D eigenvalue weighted by molar-refractivity contribution is 5.93. The summed E-state index contributed by atoms with van der Waals surface area (Å²) in [5.74, 6) is 0.517. The van der Waals surface area contributed by atoms with Gasteiger partial charge in [0.15, 0.2) is 0 Å². The van der Waals surface area contributed by atoms with Crippen LogP contribution in [0.1, 0.15) is 16.9 Å². The molecule has 1 amide bonds. The Morgan fingerprint density at radius 2 is 2.32 bits per heavy atom. The van der Waals surface area contributed by atoms with Gasteiger partial charge in [-0.05, 0) is 18.9 Å². The molecule has 1 N–H and O–H groups in total. The molecular weight excluding hydrogens is 242 g/mol. The Morgan fingerprint density at radius 1 is 1.37 bits per heavy atom. The quantitative estimate of drug-likeness (QED) is 0.832. The van der Waals surface area contributed by atoms with Crippen LogP contribution >= 0.6 is 0 Å². The molecule has 6 nitrogen and oxygen atoms in total. The van der Waals surface area contributed by atoms with Crippen LogP contribution < -0.4 is 5.32 Å². The van der Waals surface area contributed by atoms with Crippen molar-refractivity contribution in [2.45, 2.75) is 12.5 Å². The topological polar surface area (TPSA) is 62.5 Å². The molecule has 3 atom stereocenters. The maximum absolute atomic E-state index is 12.2. The molecule has 2 saturated heterocycles. The number of piperidine rings is 1. The summed E-state index contributed by atoms with van der Waals surface area (Å²) in [5.41, 5.74) is 1.19. The number of fused-ring (bicyclic) bond motifs is 3. The van der Waals surface area contributed by atoms with Crippen LogP contribution in [0.3, 0.4) is 0 Å². The van der Waals surface area contributed by atoms with Crippen molar-refractivity contribution in [1.29, 1.82) is 0 Å². The summed E-state index contributed by atoms with van der Waals surface area (Å²) in [7, 11) is 0. The van der Waals surface area contributed by atoms with E-state index in [-0.39, 0.29) is 11.9 Å². The molecule has 2 aromatic heterocycles. The second-order valence-corrected chi connectivity index (χ2v) is 5.36. The first-order chi connectivity index (χ1) is 9.29. The molecule has 2 aromatic rings. The molecule has 6 heteroatoms. The fourth-order valence-electron chi connectivity index (χ4n) is 3.13. The van der Waals surface area contributed by atoms with Crippen molar-refractivity contribution < 1.29 is 4.79 Å². The predicted octanol–water partition coefficient (Wildman–Crippen LogP) is 0.163. The van der Waals surface area contributed by atoms with Crippen molar-refractivity contribution in [3.63, 3.8) is 0 Å². The molecule has 2 fully saturated rings. The van der Waals surface area contributed by atoms with Crippen molar-refractivity contribution in [2.75, 3.05) is 19.6 Å². The molecule has 0 aliphatic carbocycles. The summed E-state index contributed by atoms with van der Waals surface area (Å²) in [6.45, 7) is 3.27. The number of rotatable bonds is 2. The van der Waals surface area contributed by atoms with E-state index in [0.29, 0.717) is 11.6 Å². The lowest BCUT2D eigenvalue weighted by molar-refractivity contribution is 0.0919. The van der Waals surface area contributed by atoms with Gasteiger partial charge in [-0.15, -0.1) is 0 Å². The Kier molecular flexibility index (Phi) is 2.32. The number of hydrogen-bond donors (Lipinski definition) is 1. The first-order valence-corrected chi connectivity index (χ1v) is 6.61. The van der Waals surface area contributed by atoms with Gasteiger partial charge in [-0.2, -0.15) is 0 Å². The van der Waals surface area contributed by atoms with E-state index in [1.165, 1.54) is 13.0 Å². The number of nitrogens with zero attached hydrogens (tertiary/aromatic N) is 4. The molecule has 2 bridgehead atoms. The summed E-state index contributed by atoms with van der Waals surface area (Å²) in [6, 6.07) is 2.00. The monoisotopic (exact) mass is 257 g/mol. The standard InChI is InChI=1S/C13H15N5O/c19-13(16-11-7-17-3-1-9(11)6-17)10-5-12-14-2-4-18(12)8-15-10/h2,4-5,8-9,11H,1,3,6-7H2,(H,16,19)/t9-,11-/m0/s1. The minimum absolute atomic E-state index is 0.0933. The van der Waals surface area contributed by atoms with E-state index in [1.54, 1.807) is 23.0 Å². The third-order valence-electron chi connectivity index (χ3n) is 4.17. The van der Waals surface area contributed by atoms with Crippen LogP contribution in [0.4, 0.5) is 0 Å². The molecule has 1 unspecified atom stereocenters. The SMILES string of the molecule is O=C(N[C@H]1CN2CC[C@H]1C2)c1cc2nccn2cn1. The van der Waals surface area contributed by atoms with Gasteiger partial charge in [-0.3, -0.25) is 9.20 Å². The van der Waals surface area contributed by atoms with E-state index in [0.717, 1.165) is 18.7 Å². The lowest BCUT2D eigenvalue weighted by Gasteiger charge is -2.22. The van der Waals surface area contributed by atoms with Crippen molar-refractivity contribution in [3.05, 3.63) is 30.5 Å². The largest absolute Gasteiger partial charge is 0.346 e. The first-order valence-electron chi connectivity index (χ1n) is 6.61. The molecule has 0 spiro atoms. The van der Waals surface area contributed by atoms with Gasteiger partial charge < -0.3 is 10.2 Å². The van der Waals surface area contributed by atoms with Crippen molar-refractivity contribution in [3.8, 4) is 0 Å². The fourth-order valence-corrected chi connectivity index (χ4v) is 3.13. The third-order valence-corrected chi connectivity index (χ3v) is 4.17. The second-order valence-electron chi connectivity index (χ2n) is 5.36. The van der Waals surface area contributed by atoms with E-state index < -0.39 is 0 Å². The highest BCUT2D eigenvalue weighted by Gasteiger charge is 2.38. The number of carbonyl (C=O) groups excluding carboxylic acids is 1. The summed E-state index contributed by atoms with van der Waals surface area (Å²) < 4.78 is 1.79. The first kappa shape index (κ1) is 10.9. The number of imidazole rings is 1. The zero-order valence-corrected chi connectivity index (χ0v) is 10.5. The summed E-state index contributed by atoms with van der Waals surface area (Å²) in [4.78, 5) is 23.0. The fraction of sp³-hybridized carbons (Fsp3) is 0.462. The number of amides is 1. The maximum atomic E-state index is 12.2. The van der Waals surface area contributed by atoms with Crippen LogP contribution in [0.2, 0.25) is 0 Å². The Morgan fingerprint density at radius 3 is 3.11 bits per heavy atom. The van der Waals surface area contributed by atoms with Gasteiger partial charge in [-0.25, -0.2) is 9.97 Å². The van der Waals surface area contributed by atoms with Crippen LogP contribution in [0, 0.1) is 5.92 Å². The predicted molar refractivity (Wildman–Crippen MR) is 68.8 cm³/mol. The van der Waals surface area contributed by atoms with E-state index in [9.17, 15) is 4.79 Å². The zero-order valence-electron chi connectivity index (χ0n) is 10.5. The van der Waals surface area contributed by atoms with Gasteiger partial charge in [0.2, 0.25) is 0 Å². The number of hydrogen-bond acceptors (Lipinski definition) is 4. The van der Waals surface area contributed by atoms with Crippen LogP contribution in [-0.2, 0) is 0 Å². The van der Waals surface area contributed by atoms with Gasteiger partial charge in [0.1, 0.15) is 17.7 Å². The Balaban J connectivity index is 1.53. The summed E-state index contributed by atoms with van der Waals surface area (Å²) in [6.07, 6.45) is 6.33. The van der Waals surface area contributed by atoms with Crippen molar-refractivity contribution >= 4 is 11.6 Å². The zero-order chi connectivity index (χ0) is 12.8. The number of aromatic nitrogens is 3. The highest BCUT2D eigenvalue weighted by atomic mass is 16.2. The Labute approximate surface area is 110 Å². The third kappa shape index (κ3) is 1.79. The lowest BCUT2D eigenvalue weighted by Crippen LogP contribution is -2.43. The highest BCUT2D eigenvalue weighted by Crippen LogP contribution is 2.27. The van der Waals surface area contributed by atoms with Gasteiger partial charge in [0.25, 0.3) is 5.91 Å². The van der Waals surface area contributed by atoms with Crippen molar-refractivity contribution in [2.24, 2.45) is 5.92 Å². The van der Waals surface area contributed by atoms with E-state index >= 15 is 0 Å². The lowest BCUT2D eigenvalue weighted by atomic mass is 10.00. The Hall–Kier alpha value is -1.95. The average molecular weight is 257 g/mol. The molecule has 98 valence electrons. The van der Waals surface area contributed by atoms with Gasteiger partial charge >= 0.3 is 0 Å². The summed E-state index contributed by atoms with van der Waals surface area (Å²) in [5, 5.41) is 3.10. The summed E-state index contributed by atoms with van der Waals surface area (Å²) >= 11 is 0. The molecule has 0 saturated carbocycles. The second kappa shape index (κ2) is 4.03. The minimum Gasteiger partial charge on any atom is -0.346 e. The minimum atomic E-state index is -0.0933. The Bertz CT molecular complexity index is 637. The molecule has 2 aliphatic heterocycles. The van der Waals surface area contributed by atoms with E-state index in [4.69, 9.17) is 0 Å². The smallest absolute Gasteiger partial charge is 0.270 e. The van der Waals surface area contributed by atoms with E-state index in [2.05, 4.69) is 20.2 Å². The number of carbonyl (C=O) groups is 1. The van der Waals surface area contributed by atoms with Crippen LogP contribution in [0.15, 0.2) is 24.8 Å². The molecular formula is C13H15N5O. The van der Waals surface area contributed by atoms with Gasteiger partial charge in [0.05, 0.1) is 0 Å². The number of nitrogens with one attached hydrogen (secondary N) is 1. The van der Waals surface area contributed by atoms with Gasteiger partial charge in [-0.1, -0.05) is 0 Å². The van der Waals surface area contributed by atoms with Gasteiger partial charge in [0, 0.05) is 37.6 Å².